The van der Waals surface area contributed by atoms with Gasteiger partial charge in [0.2, 0.25) is 0 Å². The summed E-state index contributed by atoms with van der Waals surface area (Å²) in [6.45, 7) is 9.62. The Labute approximate surface area is 175 Å². The SMILES string of the molecule is Cc1cccc(NCC(O)Cn2c(C)c(C)c3ccccc32)c1C.O=C(O)C(=O)O. The third-order valence-electron chi connectivity index (χ3n) is 5.26. The topological polar surface area (TPSA) is 112 Å². The summed E-state index contributed by atoms with van der Waals surface area (Å²) in [5, 5.41) is 30.0. The molecule has 0 amide bonds. The molecule has 160 valence electrons. The molecule has 1 unspecified atom stereocenters. The number of para-hydroxylation sites is 1. The number of aliphatic hydroxyl groups is 1. The first-order chi connectivity index (χ1) is 14.1. The van der Waals surface area contributed by atoms with E-state index in [9.17, 15) is 5.11 Å². The van der Waals surface area contributed by atoms with Gasteiger partial charge in [0.25, 0.3) is 0 Å². The van der Waals surface area contributed by atoms with Crippen molar-refractivity contribution >= 4 is 28.5 Å². The average molecular weight is 412 g/mol. The van der Waals surface area contributed by atoms with Crippen molar-refractivity contribution in [2.75, 3.05) is 11.9 Å². The summed E-state index contributed by atoms with van der Waals surface area (Å²) in [7, 11) is 0. The number of nitrogens with one attached hydrogen (secondary N) is 1. The molecule has 2 aromatic carbocycles. The van der Waals surface area contributed by atoms with Crippen LogP contribution in [-0.4, -0.2) is 44.5 Å². The summed E-state index contributed by atoms with van der Waals surface area (Å²) in [5.74, 6) is -3.65. The first-order valence-electron chi connectivity index (χ1n) is 9.62. The van der Waals surface area contributed by atoms with Crippen LogP contribution in [0.2, 0.25) is 0 Å². The number of hydrogen-bond donors (Lipinski definition) is 4. The Morgan fingerprint density at radius 3 is 2.20 bits per heavy atom. The van der Waals surface area contributed by atoms with Crippen molar-refractivity contribution in [1.29, 1.82) is 0 Å². The highest BCUT2D eigenvalue weighted by molar-refractivity contribution is 6.27. The number of carboxylic acids is 2. The van der Waals surface area contributed by atoms with Gasteiger partial charge in [0, 0.05) is 28.8 Å². The summed E-state index contributed by atoms with van der Waals surface area (Å²) >= 11 is 0. The van der Waals surface area contributed by atoms with Gasteiger partial charge in [-0.25, -0.2) is 9.59 Å². The smallest absolute Gasteiger partial charge is 0.414 e. The number of hydrogen-bond acceptors (Lipinski definition) is 4. The number of nitrogens with zero attached hydrogens (tertiary/aromatic N) is 1. The number of aromatic nitrogens is 1. The number of anilines is 1. The van der Waals surface area contributed by atoms with Crippen molar-refractivity contribution in [3.63, 3.8) is 0 Å². The molecule has 0 aliphatic heterocycles. The molecule has 0 saturated heterocycles. The second kappa shape index (κ2) is 9.93. The van der Waals surface area contributed by atoms with Crippen molar-refractivity contribution in [2.45, 2.75) is 40.3 Å². The van der Waals surface area contributed by atoms with Crippen LogP contribution in [0.15, 0.2) is 42.5 Å². The van der Waals surface area contributed by atoms with Gasteiger partial charge in [0.1, 0.15) is 0 Å². The zero-order valence-corrected chi connectivity index (χ0v) is 17.6. The van der Waals surface area contributed by atoms with Crippen LogP contribution < -0.4 is 5.32 Å². The molecule has 1 aromatic heterocycles. The third kappa shape index (κ3) is 5.39. The molecule has 4 N–H and O–H groups in total. The van der Waals surface area contributed by atoms with Gasteiger partial charge in [-0.2, -0.15) is 0 Å². The monoisotopic (exact) mass is 412 g/mol. The highest BCUT2D eigenvalue weighted by atomic mass is 16.4. The van der Waals surface area contributed by atoms with E-state index >= 15 is 0 Å². The predicted molar refractivity (Wildman–Crippen MR) is 117 cm³/mol. The highest BCUT2D eigenvalue weighted by Crippen LogP contribution is 2.25. The number of carboxylic acid groups (broad SMARTS) is 2. The summed E-state index contributed by atoms with van der Waals surface area (Å²) in [6, 6.07) is 14.6. The second-order valence-corrected chi connectivity index (χ2v) is 7.23. The molecular formula is C23H28N2O5. The Hall–Kier alpha value is -3.32. The van der Waals surface area contributed by atoms with Crippen LogP contribution in [0.4, 0.5) is 5.69 Å². The fraction of sp³-hybridized carbons (Fsp3) is 0.304. The van der Waals surface area contributed by atoms with Crippen LogP contribution in [0, 0.1) is 27.7 Å². The van der Waals surface area contributed by atoms with Crippen molar-refractivity contribution in [2.24, 2.45) is 0 Å². The van der Waals surface area contributed by atoms with Gasteiger partial charge in [-0.15, -0.1) is 0 Å². The molecule has 1 atom stereocenters. The minimum atomic E-state index is -1.82. The fourth-order valence-corrected chi connectivity index (χ4v) is 3.29. The summed E-state index contributed by atoms with van der Waals surface area (Å²) < 4.78 is 2.22. The van der Waals surface area contributed by atoms with Gasteiger partial charge in [-0.1, -0.05) is 30.3 Å². The Morgan fingerprint density at radius 2 is 1.57 bits per heavy atom. The van der Waals surface area contributed by atoms with E-state index in [1.54, 1.807) is 0 Å². The maximum atomic E-state index is 10.5. The number of rotatable bonds is 5. The Bertz CT molecular complexity index is 1040. The summed E-state index contributed by atoms with van der Waals surface area (Å²) in [4.78, 5) is 18.2. The van der Waals surface area contributed by atoms with E-state index < -0.39 is 18.0 Å². The number of aliphatic hydroxyl groups excluding tert-OH is 1. The van der Waals surface area contributed by atoms with Crippen LogP contribution in [0.3, 0.4) is 0 Å². The minimum absolute atomic E-state index is 0.446. The van der Waals surface area contributed by atoms with Crippen molar-refractivity contribution in [3.8, 4) is 0 Å². The van der Waals surface area contributed by atoms with Gasteiger partial charge in [-0.3, -0.25) is 0 Å². The molecule has 3 aromatic rings. The van der Waals surface area contributed by atoms with Crippen molar-refractivity contribution in [3.05, 3.63) is 64.8 Å². The quantitative estimate of drug-likeness (QED) is 0.477. The third-order valence-corrected chi connectivity index (χ3v) is 5.26. The zero-order valence-electron chi connectivity index (χ0n) is 17.6. The van der Waals surface area contributed by atoms with E-state index in [-0.39, 0.29) is 0 Å². The number of carbonyl (C=O) groups is 2. The fourth-order valence-electron chi connectivity index (χ4n) is 3.29. The maximum absolute atomic E-state index is 10.5. The minimum Gasteiger partial charge on any atom is -0.473 e. The van der Waals surface area contributed by atoms with Crippen molar-refractivity contribution in [1.82, 2.24) is 4.57 Å². The molecule has 0 saturated carbocycles. The first-order valence-corrected chi connectivity index (χ1v) is 9.62. The van der Waals surface area contributed by atoms with Crippen LogP contribution in [0.5, 0.6) is 0 Å². The predicted octanol–water partition coefficient (Wildman–Crippen LogP) is 3.50. The van der Waals surface area contributed by atoms with Gasteiger partial charge >= 0.3 is 11.9 Å². The normalized spacial score (nSPS) is 11.5. The number of aryl methyl sites for hydroxylation is 2. The second-order valence-electron chi connectivity index (χ2n) is 7.23. The lowest BCUT2D eigenvalue weighted by Gasteiger charge is -2.17. The molecule has 0 bridgehead atoms. The molecule has 0 aliphatic rings. The Balaban J connectivity index is 0.000000469. The molecule has 0 aliphatic carbocycles. The average Bonchev–Trinajstić information content (AvgIpc) is 2.94. The van der Waals surface area contributed by atoms with Gasteiger partial charge in [-0.05, 0) is 56.5 Å². The highest BCUT2D eigenvalue weighted by Gasteiger charge is 2.14. The molecule has 0 fully saturated rings. The lowest BCUT2D eigenvalue weighted by atomic mass is 10.1. The van der Waals surface area contributed by atoms with Crippen molar-refractivity contribution < 1.29 is 24.9 Å². The van der Waals surface area contributed by atoms with Crippen LogP contribution in [0.1, 0.15) is 22.4 Å². The summed E-state index contributed by atoms with van der Waals surface area (Å²) in [5.41, 5.74) is 7.31. The van der Waals surface area contributed by atoms with Gasteiger partial charge in [0.05, 0.1) is 12.6 Å². The standard InChI is InChI=1S/C21H26N2O.C2H2O4/c1-14-8-7-10-20(15(14)2)22-12-18(24)13-23-17(4)16(3)19-9-5-6-11-21(19)23;3-1(4)2(5)6/h5-11,18,22,24H,12-13H2,1-4H3;(H,3,4)(H,5,6). The van der Waals surface area contributed by atoms with E-state index in [0.717, 1.165) is 5.69 Å². The van der Waals surface area contributed by atoms with Crippen LogP contribution >= 0.6 is 0 Å². The molecule has 30 heavy (non-hydrogen) atoms. The molecule has 3 rings (SSSR count). The van der Waals surface area contributed by atoms with E-state index in [2.05, 4.69) is 74.0 Å². The largest absolute Gasteiger partial charge is 0.473 e. The van der Waals surface area contributed by atoms with Crippen LogP contribution in [0.25, 0.3) is 10.9 Å². The molecule has 7 nitrogen and oxygen atoms in total. The van der Waals surface area contributed by atoms with E-state index in [4.69, 9.17) is 19.8 Å². The lowest BCUT2D eigenvalue weighted by molar-refractivity contribution is -0.159. The zero-order chi connectivity index (χ0) is 22.4. The molecule has 0 radical (unpaired) electrons. The van der Waals surface area contributed by atoms with Crippen LogP contribution in [-0.2, 0) is 16.1 Å². The van der Waals surface area contributed by atoms with E-state index in [1.165, 1.54) is 33.3 Å². The Kier molecular flexibility index (Phi) is 7.60. The molecule has 7 heteroatoms. The lowest BCUT2D eigenvalue weighted by Crippen LogP contribution is -2.25. The first kappa shape index (κ1) is 23.0. The number of benzene rings is 2. The Morgan fingerprint density at radius 1 is 0.933 bits per heavy atom. The molecule has 0 spiro atoms. The summed E-state index contributed by atoms with van der Waals surface area (Å²) in [6.07, 6.45) is -0.446. The van der Waals surface area contributed by atoms with E-state index in [1.807, 2.05) is 6.07 Å². The molecular weight excluding hydrogens is 384 g/mol. The number of aliphatic carboxylic acids is 2. The van der Waals surface area contributed by atoms with Gasteiger partial charge in [0.15, 0.2) is 0 Å². The van der Waals surface area contributed by atoms with Gasteiger partial charge < -0.3 is 25.2 Å². The molecule has 1 heterocycles. The van der Waals surface area contributed by atoms with E-state index in [0.29, 0.717) is 13.1 Å². The number of fused-ring (bicyclic) bond motifs is 1. The maximum Gasteiger partial charge on any atom is 0.414 e.